The lowest BCUT2D eigenvalue weighted by atomic mass is 9.92. The van der Waals surface area contributed by atoms with Crippen LogP contribution in [0.15, 0.2) is 24.3 Å². The lowest BCUT2D eigenvalue weighted by molar-refractivity contribution is -0.111. The third-order valence-corrected chi connectivity index (χ3v) is 4.01. The van der Waals surface area contributed by atoms with Crippen LogP contribution in [0.1, 0.15) is 32.0 Å². The highest BCUT2D eigenvalue weighted by atomic mass is 16.5. The monoisotopic (exact) mass is 373 g/mol. The first-order chi connectivity index (χ1) is 12.7. The molecule has 1 aromatic heterocycles. The van der Waals surface area contributed by atoms with Gasteiger partial charge in [0.2, 0.25) is 11.7 Å². The van der Waals surface area contributed by atoms with Crippen LogP contribution in [0.2, 0.25) is 0 Å². The Bertz CT molecular complexity index is 822. The van der Waals surface area contributed by atoms with Crippen molar-refractivity contribution in [3.8, 4) is 17.2 Å². The molecule has 0 aliphatic carbocycles. The first-order valence-corrected chi connectivity index (χ1v) is 8.53. The molecule has 0 fully saturated rings. The first kappa shape index (κ1) is 20.4. The number of anilines is 1. The minimum Gasteiger partial charge on any atom is -0.493 e. The van der Waals surface area contributed by atoms with Gasteiger partial charge in [-0.3, -0.25) is 9.48 Å². The molecule has 0 radical (unpaired) electrons. The Morgan fingerprint density at radius 2 is 1.67 bits per heavy atom. The number of rotatable bonds is 6. The van der Waals surface area contributed by atoms with E-state index in [1.54, 1.807) is 51.3 Å². The third kappa shape index (κ3) is 4.81. The van der Waals surface area contributed by atoms with Crippen molar-refractivity contribution in [2.75, 3.05) is 26.6 Å². The van der Waals surface area contributed by atoms with Crippen molar-refractivity contribution in [1.29, 1.82) is 0 Å². The Kier molecular flexibility index (Phi) is 6.15. The van der Waals surface area contributed by atoms with E-state index in [9.17, 15) is 4.79 Å². The molecule has 0 bridgehead atoms. The Labute approximate surface area is 159 Å². The van der Waals surface area contributed by atoms with Crippen molar-refractivity contribution in [2.45, 2.75) is 26.2 Å². The van der Waals surface area contributed by atoms with Gasteiger partial charge in [0.1, 0.15) is 5.82 Å². The topological polar surface area (TPSA) is 74.6 Å². The Balaban J connectivity index is 2.19. The van der Waals surface area contributed by atoms with E-state index in [4.69, 9.17) is 14.2 Å². The van der Waals surface area contributed by atoms with Crippen LogP contribution in [0.3, 0.4) is 0 Å². The van der Waals surface area contributed by atoms with Crippen LogP contribution in [0.4, 0.5) is 5.82 Å². The molecular weight excluding hydrogens is 346 g/mol. The summed E-state index contributed by atoms with van der Waals surface area (Å²) in [6.07, 6.45) is 3.13. The molecule has 1 N–H and O–H groups in total. The summed E-state index contributed by atoms with van der Waals surface area (Å²) in [6.45, 7) is 6.22. The van der Waals surface area contributed by atoms with Gasteiger partial charge in [-0.1, -0.05) is 20.8 Å². The molecule has 0 aliphatic heterocycles. The van der Waals surface area contributed by atoms with Crippen molar-refractivity contribution < 1.29 is 19.0 Å². The van der Waals surface area contributed by atoms with Gasteiger partial charge in [0.15, 0.2) is 11.5 Å². The number of nitrogens with zero attached hydrogens (tertiary/aromatic N) is 2. The molecule has 2 rings (SSSR count). The molecule has 0 spiro atoms. The highest BCUT2D eigenvalue weighted by molar-refractivity contribution is 6.01. The smallest absolute Gasteiger partial charge is 0.249 e. The molecule has 0 unspecified atom stereocenters. The molecule has 1 aromatic carbocycles. The number of aromatic nitrogens is 2. The molecule has 0 aliphatic rings. The van der Waals surface area contributed by atoms with E-state index >= 15 is 0 Å². The van der Waals surface area contributed by atoms with Crippen molar-refractivity contribution in [2.24, 2.45) is 7.05 Å². The largest absolute Gasteiger partial charge is 0.493 e. The fraction of sp³-hybridized carbons (Fsp3) is 0.400. The fourth-order valence-corrected chi connectivity index (χ4v) is 2.49. The van der Waals surface area contributed by atoms with Crippen molar-refractivity contribution in [1.82, 2.24) is 9.78 Å². The summed E-state index contributed by atoms with van der Waals surface area (Å²) in [6, 6.07) is 5.42. The molecule has 1 heterocycles. The zero-order valence-electron chi connectivity index (χ0n) is 16.9. The molecule has 1 amide bonds. The number of carbonyl (C=O) groups is 1. The number of benzene rings is 1. The van der Waals surface area contributed by atoms with Crippen LogP contribution in [-0.2, 0) is 17.3 Å². The molecule has 27 heavy (non-hydrogen) atoms. The Morgan fingerprint density at radius 3 is 2.11 bits per heavy atom. The third-order valence-electron chi connectivity index (χ3n) is 4.01. The number of methoxy groups -OCH3 is 3. The van der Waals surface area contributed by atoms with Crippen LogP contribution < -0.4 is 19.5 Å². The van der Waals surface area contributed by atoms with Crippen LogP contribution in [0, 0.1) is 0 Å². The number of ether oxygens (including phenoxy) is 3. The molecule has 146 valence electrons. The molecular formula is C20H27N3O4. The van der Waals surface area contributed by atoms with E-state index in [1.807, 2.05) is 6.07 Å². The summed E-state index contributed by atoms with van der Waals surface area (Å²) in [7, 11) is 6.44. The van der Waals surface area contributed by atoms with Gasteiger partial charge < -0.3 is 19.5 Å². The van der Waals surface area contributed by atoms with Crippen LogP contribution >= 0.6 is 0 Å². The Hall–Kier alpha value is -2.96. The molecule has 0 saturated carbocycles. The minimum absolute atomic E-state index is 0.0905. The van der Waals surface area contributed by atoms with Gasteiger partial charge in [-0.15, -0.1) is 0 Å². The van der Waals surface area contributed by atoms with E-state index in [0.717, 1.165) is 11.3 Å². The number of hydrogen-bond acceptors (Lipinski definition) is 5. The SMILES string of the molecule is COc1cc(/C=C/C(=O)Nc2cc(C(C)(C)C)nn2C)cc(OC)c1OC. The second-order valence-corrected chi connectivity index (χ2v) is 7.07. The zero-order chi connectivity index (χ0) is 20.2. The maximum atomic E-state index is 12.3. The molecule has 7 heteroatoms. The number of carbonyl (C=O) groups excluding carboxylic acids is 1. The molecule has 0 saturated heterocycles. The maximum Gasteiger partial charge on any atom is 0.249 e. The van der Waals surface area contributed by atoms with Gasteiger partial charge in [-0.05, 0) is 23.8 Å². The summed E-state index contributed by atoms with van der Waals surface area (Å²) in [5.74, 6) is 1.94. The molecule has 0 atom stereocenters. The van der Waals surface area contributed by atoms with Gasteiger partial charge in [0.25, 0.3) is 0 Å². The quantitative estimate of drug-likeness (QED) is 0.786. The lowest BCUT2D eigenvalue weighted by Crippen LogP contribution is -2.12. The van der Waals surface area contributed by atoms with Gasteiger partial charge >= 0.3 is 0 Å². The Morgan fingerprint density at radius 1 is 1.07 bits per heavy atom. The number of amides is 1. The van der Waals surface area contributed by atoms with Crippen LogP contribution in [-0.4, -0.2) is 37.0 Å². The molecule has 7 nitrogen and oxygen atoms in total. The number of nitrogens with one attached hydrogen (secondary N) is 1. The first-order valence-electron chi connectivity index (χ1n) is 8.53. The van der Waals surface area contributed by atoms with Crippen molar-refractivity contribution in [3.05, 3.63) is 35.5 Å². The zero-order valence-corrected chi connectivity index (χ0v) is 16.9. The predicted molar refractivity (Wildman–Crippen MR) is 106 cm³/mol. The van der Waals surface area contributed by atoms with Crippen molar-refractivity contribution >= 4 is 17.8 Å². The summed E-state index contributed by atoms with van der Waals surface area (Å²) in [5, 5.41) is 7.29. The van der Waals surface area contributed by atoms with E-state index in [0.29, 0.717) is 23.1 Å². The van der Waals surface area contributed by atoms with Gasteiger partial charge in [0, 0.05) is 24.6 Å². The van der Waals surface area contributed by atoms with Crippen molar-refractivity contribution in [3.63, 3.8) is 0 Å². The van der Waals surface area contributed by atoms with Crippen LogP contribution in [0.5, 0.6) is 17.2 Å². The van der Waals surface area contributed by atoms with E-state index in [-0.39, 0.29) is 11.3 Å². The van der Waals surface area contributed by atoms with E-state index < -0.39 is 0 Å². The highest BCUT2D eigenvalue weighted by Gasteiger charge is 2.19. The number of aryl methyl sites for hydroxylation is 1. The summed E-state index contributed by atoms with van der Waals surface area (Å²) < 4.78 is 17.6. The fourth-order valence-electron chi connectivity index (χ4n) is 2.49. The average Bonchev–Trinajstić information content (AvgIpc) is 2.99. The normalized spacial score (nSPS) is 11.5. The van der Waals surface area contributed by atoms with Gasteiger partial charge in [0.05, 0.1) is 27.0 Å². The second-order valence-electron chi connectivity index (χ2n) is 7.07. The average molecular weight is 373 g/mol. The second kappa shape index (κ2) is 8.16. The lowest BCUT2D eigenvalue weighted by Gasteiger charge is -2.13. The summed E-state index contributed by atoms with van der Waals surface area (Å²) in [5.41, 5.74) is 1.57. The van der Waals surface area contributed by atoms with Gasteiger partial charge in [-0.2, -0.15) is 5.10 Å². The maximum absolute atomic E-state index is 12.3. The minimum atomic E-state index is -0.257. The summed E-state index contributed by atoms with van der Waals surface area (Å²) >= 11 is 0. The standard InChI is InChI=1S/C20H27N3O4/c1-20(2,3)16-12-17(23(4)22-16)21-18(24)9-8-13-10-14(25-5)19(27-7)15(11-13)26-6/h8-12H,1-7H3,(H,21,24)/b9-8+. The summed E-state index contributed by atoms with van der Waals surface area (Å²) in [4.78, 5) is 12.3. The number of hydrogen-bond donors (Lipinski definition) is 1. The molecule has 2 aromatic rings. The van der Waals surface area contributed by atoms with E-state index in [1.165, 1.54) is 6.08 Å². The predicted octanol–water partition coefficient (Wildman–Crippen LogP) is 3.40. The van der Waals surface area contributed by atoms with Crippen LogP contribution in [0.25, 0.3) is 6.08 Å². The van der Waals surface area contributed by atoms with E-state index in [2.05, 4.69) is 31.2 Å². The highest BCUT2D eigenvalue weighted by Crippen LogP contribution is 2.38. The van der Waals surface area contributed by atoms with Gasteiger partial charge in [-0.25, -0.2) is 0 Å².